The lowest BCUT2D eigenvalue weighted by atomic mass is 9.83. The maximum atomic E-state index is 13.9. The van der Waals surface area contributed by atoms with E-state index >= 15 is 0 Å². The number of hydroxylamine groups is 1. The second kappa shape index (κ2) is 10.8. The van der Waals surface area contributed by atoms with Crippen LogP contribution in [0.2, 0.25) is 5.02 Å². The molecule has 192 valence electrons. The first-order chi connectivity index (χ1) is 18.0. The Morgan fingerprint density at radius 2 is 1.57 bits per heavy atom. The van der Waals surface area contributed by atoms with Crippen molar-refractivity contribution in [3.63, 3.8) is 0 Å². The Morgan fingerprint density at radius 3 is 2.16 bits per heavy atom. The molecule has 3 atom stereocenters. The van der Waals surface area contributed by atoms with Crippen molar-refractivity contribution in [3.8, 4) is 5.75 Å². The van der Waals surface area contributed by atoms with Gasteiger partial charge in [0.15, 0.2) is 6.10 Å². The smallest absolute Gasteiger partial charge is 0.269 e. The third-order valence-corrected chi connectivity index (χ3v) is 7.34. The summed E-state index contributed by atoms with van der Waals surface area (Å²) < 4.78 is 5.36. The zero-order valence-electron chi connectivity index (χ0n) is 20.5. The number of anilines is 1. The van der Waals surface area contributed by atoms with E-state index in [1.165, 1.54) is 12.1 Å². The normalized spacial score (nSPS) is 21.6. The van der Waals surface area contributed by atoms with E-state index in [0.717, 1.165) is 36.1 Å². The Labute approximate surface area is 220 Å². The van der Waals surface area contributed by atoms with Crippen molar-refractivity contribution in [1.82, 2.24) is 4.90 Å². The molecule has 0 spiro atoms. The number of benzene rings is 3. The lowest BCUT2D eigenvalue weighted by Gasteiger charge is -2.30. The highest BCUT2D eigenvalue weighted by Crippen LogP contribution is 2.49. The standard InChI is InChI=1S/C28H28ClN3O5/c1-36-24-15-7-19(8-16-24)25-26(20-5-11-23(12-6-20)32(34)35)31(22-13-9-21(29)10-14-22)37-27(25)28(33)30-17-3-2-4-18-30/h5-16,25-27H,2-4,17-18H2,1H3/t25-,26-,27-/m0/s1. The number of hydrogen-bond donors (Lipinski definition) is 0. The van der Waals surface area contributed by atoms with E-state index in [0.29, 0.717) is 23.9 Å². The molecule has 0 unspecified atom stereocenters. The summed E-state index contributed by atoms with van der Waals surface area (Å²) in [5.74, 6) is 0.282. The minimum Gasteiger partial charge on any atom is -0.497 e. The van der Waals surface area contributed by atoms with Gasteiger partial charge in [0.05, 0.1) is 23.8 Å². The molecule has 3 aromatic rings. The molecule has 0 saturated carbocycles. The Bertz CT molecular complexity index is 1240. The van der Waals surface area contributed by atoms with Gasteiger partial charge >= 0.3 is 0 Å². The Hall–Kier alpha value is -3.62. The molecule has 2 aliphatic heterocycles. The first kappa shape index (κ1) is 25.0. The molecule has 1 amide bonds. The van der Waals surface area contributed by atoms with Crippen LogP contribution in [-0.4, -0.2) is 42.0 Å². The molecule has 37 heavy (non-hydrogen) atoms. The first-order valence-corrected chi connectivity index (χ1v) is 12.7. The van der Waals surface area contributed by atoms with Gasteiger partial charge in [-0.2, -0.15) is 0 Å². The molecule has 2 heterocycles. The van der Waals surface area contributed by atoms with Gasteiger partial charge in [-0.1, -0.05) is 35.9 Å². The van der Waals surface area contributed by atoms with Gasteiger partial charge in [-0.25, -0.2) is 5.06 Å². The molecule has 0 N–H and O–H groups in total. The maximum Gasteiger partial charge on any atom is 0.269 e. The Balaban J connectivity index is 1.62. The summed E-state index contributed by atoms with van der Waals surface area (Å²) in [5.41, 5.74) is 2.45. The second-order valence-electron chi connectivity index (χ2n) is 9.31. The third kappa shape index (κ3) is 5.12. The topological polar surface area (TPSA) is 85.1 Å². The molecule has 2 saturated heterocycles. The molecular formula is C28H28ClN3O5. The number of nitrogens with zero attached hydrogens (tertiary/aromatic N) is 3. The highest BCUT2D eigenvalue weighted by atomic mass is 35.5. The average molecular weight is 522 g/mol. The molecule has 8 nitrogen and oxygen atoms in total. The van der Waals surface area contributed by atoms with Crippen molar-refractivity contribution in [1.29, 1.82) is 0 Å². The molecule has 9 heteroatoms. The van der Waals surface area contributed by atoms with Crippen LogP contribution < -0.4 is 9.80 Å². The van der Waals surface area contributed by atoms with Crippen molar-refractivity contribution >= 4 is 28.9 Å². The number of nitro benzene ring substituents is 1. The fourth-order valence-electron chi connectivity index (χ4n) is 5.19. The molecule has 2 aliphatic rings. The number of non-ortho nitro benzene ring substituents is 1. The fraction of sp³-hybridized carbons (Fsp3) is 0.321. The van der Waals surface area contributed by atoms with E-state index in [9.17, 15) is 14.9 Å². The zero-order valence-corrected chi connectivity index (χ0v) is 21.2. The number of methoxy groups -OCH3 is 1. The third-order valence-electron chi connectivity index (χ3n) is 7.08. The van der Waals surface area contributed by atoms with E-state index in [1.807, 2.05) is 41.3 Å². The lowest BCUT2D eigenvalue weighted by Crippen LogP contribution is -2.44. The summed E-state index contributed by atoms with van der Waals surface area (Å²) in [6, 6.07) is 20.9. The highest BCUT2D eigenvalue weighted by Gasteiger charge is 2.50. The van der Waals surface area contributed by atoms with Crippen LogP contribution in [0.3, 0.4) is 0 Å². The summed E-state index contributed by atoms with van der Waals surface area (Å²) in [6.45, 7) is 1.41. The number of halogens is 1. The number of nitro groups is 1. The minimum atomic E-state index is -0.776. The quantitative estimate of drug-likeness (QED) is 0.296. The zero-order chi connectivity index (χ0) is 25.9. The van der Waals surface area contributed by atoms with Gasteiger partial charge < -0.3 is 9.64 Å². The number of ether oxygens (including phenoxy) is 1. The summed E-state index contributed by atoms with van der Waals surface area (Å²) in [5, 5.41) is 13.6. The van der Waals surface area contributed by atoms with Crippen LogP contribution in [0, 0.1) is 10.1 Å². The van der Waals surface area contributed by atoms with Gasteiger partial charge in [-0.15, -0.1) is 0 Å². The van der Waals surface area contributed by atoms with Crippen LogP contribution in [0.5, 0.6) is 5.75 Å². The van der Waals surface area contributed by atoms with Crippen LogP contribution in [0.25, 0.3) is 0 Å². The van der Waals surface area contributed by atoms with E-state index in [4.69, 9.17) is 21.2 Å². The summed E-state index contributed by atoms with van der Waals surface area (Å²) in [7, 11) is 1.61. The van der Waals surface area contributed by atoms with Crippen LogP contribution >= 0.6 is 11.6 Å². The molecule has 0 aromatic heterocycles. The number of rotatable bonds is 6. The van der Waals surface area contributed by atoms with Crippen molar-refractivity contribution in [2.24, 2.45) is 0 Å². The predicted molar refractivity (Wildman–Crippen MR) is 141 cm³/mol. The van der Waals surface area contributed by atoms with E-state index in [-0.39, 0.29) is 17.5 Å². The number of hydrogen-bond acceptors (Lipinski definition) is 6. The van der Waals surface area contributed by atoms with E-state index in [2.05, 4.69) is 0 Å². The molecule has 0 radical (unpaired) electrons. The summed E-state index contributed by atoms with van der Waals surface area (Å²) in [4.78, 5) is 33.2. The van der Waals surface area contributed by atoms with Crippen molar-refractivity contribution in [2.45, 2.75) is 37.3 Å². The van der Waals surface area contributed by atoms with Crippen LogP contribution in [0.4, 0.5) is 11.4 Å². The van der Waals surface area contributed by atoms with Crippen LogP contribution in [0.15, 0.2) is 72.8 Å². The number of amides is 1. The van der Waals surface area contributed by atoms with Gasteiger partial charge in [0.25, 0.3) is 11.6 Å². The summed E-state index contributed by atoms with van der Waals surface area (Å²) >= 11 is 6.16. The number of piperidine rings is 1. The van der Waals surface area contributed by atoms with Crippen molar-refractivity contribution in [2.75, 3.05) is 25.3 Å². The predicted octanol–water partition coefficient (Wildman–Crippen LogP) is 5.91. The van der Waals surface area contributed by atoms with E-state index in [1.54, 1.807) is 36.4 Å². The maximum absolute atomic E-state index is 13.9. The largest absolute Gasteiger partial charge is 0.497 e. The van der Waals surface area contributed by atoms with Crippen molar-refractivity contribution < 1.29 is 19.3 Å². The molecule has 2 fully saturated rings. The van der Waals surface area contributed by atoms with Gasteiger partial charge in [0, 0.05) is 36.2 Å². The van der Waals surface area contributed by atoms with Gasteiger partial charge in [-0.3, -0.25) is 19.7 Å². The molecule has 0 bridgehead atoms. The SMILES string of the molecule is COc1ccc([C@@H]2[C@@H](C(=O)N3CCCCC3)ON(c3ccc(Cl)cc3)[C@H]2c2ccc([N+](=O)[O-])cc2)cc1. The monoisotopic (exact) mass is 521 g/mol. The Kier molecular flexibility index (Phi) is 7.30. The number of carbonyl (C=O) groups excluding carboxylic acids is 1. The number of carbonyl (C=O) groups is 1. The van der Waals surface area contributed by atoms with Gasteiger partial charge in [0.1, 0.15) is 5.75 Å². The van der Waals surface area contributed by atoms with Gasteiger partial charge in [-0.05, 0) is 66.8 Å². The Morgan fingerprint density at radius 1 is 0.946 bits per heavy atom. The van der Waals surface area contributed by atoms with Crippen LogP contribution in [-0.2, 0) is 9.63 Å². The molecular weight excluding hydrogens is 494 g/mol. The molecule has 5 rings (SSSR count). The average Bonchev–Trinajstić information content (AvgIpc) is 3.34. The van der Waals surface area contributed by atoms with E-state index < -0.39 is 17.1 Å². The van der Waals surface area contributed by atoms with Crippen molar-refractivity contribution in [3.05, 3.63) is 99.1 Å². The minimum absolute atomic E-state index is 0.00245. The number of likely N-dealkylation sites (tertiary alicyclic amines) is 1. The highest BCUT2D eigenvalue weighted by molar-refractivity contribution is 6.30. The molecule has 3 aromatic carbocycles. The van der Waals surface area contributed by atoms with Gasteiger partial charge in [0.2, 0.25) is 0 Å². The first-order valence-electron chi connectivity index (χ1n) is 12.3. The summed E-state index contributed by atoms with van der Waals surface area (Å²) in [6.07, 6.45) is 2.28. The molecule has 0 aliphatic carbocycles. The van der Waals surface area contributed by atoms with Crippen LogP contribution in [0.1, 0.15) is 42.3 Å². The fourth-order valence-corrected chi connectivity index (χ4v) is 5.31. The lowest BCUT2D eigenvalue weighted by molar-refractivity contribution is -0.384. The second-order valence-corrected chi connectivity index (χ2v) is 9.74.